The molecular weight excluding hydrogens is 358 g/mol. The Morgan fingerprint density at radius 3 is 2.52 bits per heavy atom. The van der Waals surface area contributed by atoms with Crippen LogP contribution in [0.2, 0.25) is 5.02 Å². The number of halogens is 1. The van der Waals surface area contributed by atoms with Gasteiger partial charge in [-0.3, -0.25) is 0 Å². The highest BCUT2D eigenvalue weighted by atomic mass is 35.5. The lowest BCUT2D eigenvalue weighted by atomic mass is 10.0. The number of rotatable bonds is 1. The van der Waals surface area contributed by atoms with Crippen LogP contribution < -0.4 is 0 Å². The highest BCUT2D eigenvalue weighted by Crippen LogP contribution is 2.37. The van der Waals surface area contributed by atoms with Gasteiger partial charge in [0.15, 0.2) is 11.2 Å². The van der Waals surface area contributed by atoms with Crippen LogP contribution in [0.3, 0.4) is 0 Å². The van der Waals surface area contributed by atoms with Crippen molar-refractivity contribution < 1.29 is 8.83 Å². The fourth-order valence-corrected chi connectivity index (χ4v) is 3.88. The van der Waals surface area contributed by atoms with Gasteiger partial charge < -0.3 is 8.83 Å². The minimum atomic E-state index is 0.591. The monoisotopic (exact) mass is 369 g/mol. The number of nitrogens with zero attached hydrogens (tertiary/aromatic N) is 1. The normalized spacial score (nSPS) is 11.9. The van der Waals surface area contributed by atoms with E-state index in [-0.39, 0.29) is 0 Å². The SMILES string of the molecule is Clc1ccc2c(c1)oc1c2ccc2nc(-c3cccc4ccccc34)oc21. The van der Waals surface area contributed by atoms with Gasteiger partial charge in [0.1, 0.15) is 11.1 Å². The minimum absolute atomic E-state index is 0.591. The van der Waals surface area contributed by atoms with Gasteiger partial charge >= 0.3 is 0 Å². The van der Waals surface area contributed by atoms with Gasteiger partial charge in [0.25, 0.3) is 0 Å². The molecule has 0 aliphatic rings. The molecule has 2 heterocycles. The van der Waals surface area contributed by atoms with Crippen molar-refractivity contribution in [3.8, 4) is 11.5 Å². The van der Waals surface area contributed by atoms with E-state index in [1.54, 1.807) is 0 Å². The van der Waals surface area contributed by atoms with Gasteiger partial charge in [0.05, 0.1) is 0 Å². The Hall–Kier alpha value is -3.30. The van der Waals surface area contributed by atoms with E-state index in [9.17, 15) is 0 Å². The molecule has 0 atom stereocenters. The van der Waals surface area contributed by atoms with Gasteiger partial charge in [-0.15, -0.1) is 0 Å². The molecule has 6 aromatic rings. The summed E-state index contributed by atoms with van der Waals surface area (Å²) in [6.07, 6.45) is 0. The van der Waals surface area contributed by atoms with E-state index in [1.807, 2.05) is 54.6 Å². The first-order valence-electron chi connectivity index (χ1n) is 8.67. The van der Waals surface area contributed by atoms with E-state index in [4.69, 9.17) is 25.4 Å². The van der Waals surface area contributed by atoms with E-state index in [2.05, 4.69) is 18.2 Å². The summed E-state index contributed by atoms with van der Waals surface area (Å²) in [6.45, 7) is 0. The average molecular weight is 370 g/mol. The Labute approximate surface area is 158 Å². The lowest BCUT2D eigenvalue weighted by Gasteiger charge is -2.01. The number of furan rings is 1. The molecule has 3 nitrogen and oxygen atoms in total. The zero-order valence-electron chi connectivity index (χ0n) is 14.1. The molecule has 0 saturated heterocycles. The standard InChI is InChI=1S/C23H12ClNO2/c24-14-8-9-16-17-10-11-19-22(21(17)26-20(16)12-14)27-23(25-19)18-7-3-5-13-4-1-2-6-15(13)18/h1-12H. The summed E-state index contributed by atoms with van der Waals surface area (Å²) < 4.78 is 12.3. The summed E-state index contributed by atoms with van der Waals surface area (Å²) in [5.74, 6) is 0.591. The van der Waals surface area contributed by atoms with Crippen LogP contribution in [0.4, 0.5) is 0 Å². The molecular formula is C23H12ClNO2. The van der Waals surface area contributed by atoms with Crippen LogP contribution in [0, 0.1) is 0 Å². The molecule has 6 rings (SSSR count). The molecule has 128 valence electrons. The Morgan fingerprint density at radius 2 is 1.56 bits per heavy atom. The maximum absolute atomic E-state index is 6.20. The second-order valence-corrected chi connectivity index (χ2v) is 7.02. The molecule has 0 aliphatic heterocycles. The predicted octanol–water partition coefficient (Wildman–Crippen LogP) is 7.20. The van der Waals surface area contributed by atoms with E-state index >= 15 is 0 Å². The molecule has 27 heavy (non-hydrogen) atoms. The maximum atomic E-state index is 6.20. The van der Waals surface area contributed by atoms with Crippen molar-refractivity contribution in [2.75, 3.05) is 0 Å². The van der Waals surface area contributed by atoms with Gasteiger partial charge in [-0.1, -0.05) is 48.0 Å². The van der Waals surface area contributed by atoms with Crippen molar-refractivity contribution in [3.63, 3.8) is 0 Å². The summed E-state index contributed by atoms with van der Waals surface area (Å²) in [5, 5.41) is 4.92. The first-order valence-corrected chi connectivity index (χ1v) is 9.05. The summed E-state index contributed by atoms with van der Waals surface area (Å²) in [5.41, 5.74) is 3.84. The molecule has 4 heteroatoms. The molecule has 0 unspecified atom stereocenters. The van der Waals surface area contributed by atoms with Gasteiger partial charge in [-0.05, 0) is 41.1 Å². The van der Waals surface area contributed by atoms with Crippen molar-refractivity contribution in [1.29, 1.82) is 0 Å². The molecule has 0 radical (unpaired) electrons. The van der Waals surface area contributed by atoms with Crippen LogP contribution in [0.15, 0.2) is 81.6 Å². The molecule has 0 saturated carbocycles. The lowest BCUT2D eigenvalue weighted by molar-refractivity contribution is 0.604. The summed E-state index contributed by atoms with van der Waals surface area (Å²) in [7, 11) is 0. The number of fused-ring (bicyclic) bond motifs is 6. The molecule has 4 aromatic carbocycles. The fourth-order valence-electron chi connectivity index (χ4n) is 3.72. The van der Waals surface area contributed by atoms with Crippen molar-refractivity contribution in [2.24, 2.45) is 0 Å². The third-order valence-corrected chi connectivity index (χ3v) is 5.21. The second-order valence-electron chi connectivity index (χ2n) is 6.58. The van der Waals surface area contributed by atoms with Gasteiger partial charge in [-0.2, -0.15) is 0 Å². The minimum Gasteiger partial charge on any atom is -0.452 e. The topological polar surface area (TPSA) is 39.2 Å². The summed E-state index contributed by atoms with van der Waals surface area (Å²) in [6, 6.07) is 24.0. The zero-order chi connectivity index (χ0) is 18.0. The fraction of sp³-hybridized carbons (Fsp3) is 0. The summed E-state index contributed by atoms with van der Waals surface area (Å²) in [4.78, 5) is 4.72. The zero-order valence-corrected chi connectivity index (χ0v) is 14.8. The van der Waals surface area contributed by atoms with Crippen LogP contribution in [-0.2, 0) is 0 Å². The van der Waals surface area contributed by atoms with Crippen LogP contribution in [0.1, 0.15) is 0 Å². The van der Waals surface area contributed by atoms with Crippen LogP contribution >= 0.6 is 11.6 Å². The number of benzene rings is 4. The van der Waals surface area contributed by atoms with Crippen molar-refractivity contribution >= 4 is 55.4 Å². The third-order valence-electron chi connectivity index (χ3n) is 4.98. The molecule has 0 N–H and O–H groups in total. The highest BCUT2D eigenvalue weighted by molar-refractivity contribution is 6.31. The average Bonchev–Trinajstić information content (AvgIpc) is 3.28. The van der Waals surface area contributed by atoms with Crippen molar-refractivity contribution in [1.82, 2.24) is 4.98 Å². The number of aromatic nitrogens is 1. The maximum Gasteiger partial charge on any atom is 0.228 e. The van der Waals surface area contributed by atoms with E-state index in [1.165, 1.54) is 0 Å². The third kappa shape index (κ3) is 2.12. The molecule has 0 spiro atoms. The molecule has 2 aromatic heterocycles. The van der Waals surface area contributed by atoms with E-state index in [0.29, 0.717) is 22.1 Å². The van der Waals surface area contributed by atoms with Gasteiger partial charge in [0, 0.05) is 27.4 Å². The quantitative estimate of drug-likeness (QED) is 0.307. The van der Waals surface area contributed by atoms with Crippen LogP contribution in [0.5, 0.6) is 0 Å². The Morgan fingerprint density at radius 1 is 0.704 bits per heavy atom. The first-order chi connectivity index (χ1) is 13.3. The Balaban J connectivity index is 1.67. The summed E-state index contributed by atoms with van der Waals surface area (Å²) >= 11 is 6.11. The van der Waals surface area contributed by atoms with Crippen LogP contribution in [0.25, 0.3) is 55.3 Å². The van der Waals surface area contributed by atoms with Crippen molar-refractivity contribution in [3.05, 3.63) is 77.8 Å². The smallest absolute Gasteiger partial charge is 0.228 e. The van der Waals surface area contributed by atoms with Gasteiger partial charge in [0.2, 0.25) is 5.89 Å². The highest BCUT2D eigenvalue weighted by Gasteiger charge is 2.17. The largest absolute Gasteiger partial charge is 0.452 e. The molecule has 0 fully saturated rings. The van der Waals surface area contributed by atoms with Crippen molar-refractivity contribution in [2.45, 2.75) is 0 Å². The van der Waals surface area contributed by atoms with Gasteiger partial charge in [-0.25, -0.2) is 4.98 Å². The Kier molecular flexibility index (Phi) is 2.94. The van der Waals surface area contributed by atoms with E-state index < -0.39 is 0 Å². The molecule has 0 bridgehead atoms. The molecule has 0 aliphatic carbocycles. The lowest BCUT2D eigenvalue weighted by Crippen LogP contribution is -1.80. The second kappa shape index (κ2) is 5.35. The number of hydrogen-bond donors (Lipinski definition) is 0. The Bertz CT molecular complexity index is 1490. The first kappa shape index (κ1) is 14.8. The molecule has 0 amide bonds. The predicted molar refractivity (Wildman–Crippen MR) is 109 cm³/mol. The van der Waals surface area contributed by atoms with E-state index in [0.717, 1.165) is 38.2 Å². The number of oxazole rings is 1. The number of hydrogen-bond acceptors (Lipinski definition) is 3. The van der Waals surface area contributed by atoms with Crippen LogP contribution in [-0.4, -0.2) is 4.98 Å².